The van der Waals surface area contributed by atoms with Gasteiger partial charge in [-0.25, -0.2) is 0 Å². The molecule has 0 bridgehead atoms. The smallest absolute Gasteiger partial charge is 0.243 e. The number of nitrogens with two attached hydrogens (primary N) is 1. The fraction of sp³-hybridized carbons (Fsp3) is 0.846. The number of amides is 2. The molecule has 0 saturated carbocycles. The van der Waals surface area contributed by atoms with E-state index in [1.54, 1.807) is 4.90 Å². The fourth-order valence-electron chi connectivity index (χ4n) is 2.53. The first-order valence-corrected chi connectivity index (χ1v) is 6.79. The summed E-state index contributed by atoms with van der Waals surface area (Å²) in [6.45, 7) is 6.67. The van der Waals surface area contributed by atoms with Crippen LogP contribution in [0.25, 0.3) is 0 Å². The van der Waals surface area contributed by atoms with E-state index in [-0.39, 0.29) is 35.8 Å². The molecule has 1 saturated heterocycles. The number of likely N-dealkylation sites (tertiary alicyclic amines) is 1. The first-order chi connectivity index (χ1) is 8.49. The van der Waals surface area contributed by atoms with Crippen LogP contribution in [-0.4, -0.2) is 41.4 Å². The molecule has 3 N–H and O–H groups in total. The van der Waals surface area contributed by atoms with Crippen molar-refractivity contribution in [3.05, 3.63) is 0 Å². The Balaban J connectivity index is 0.00000324. The highest BCUT2D eigenvalue weighted by atomic mass is 35.5. The van der Waals surface area contributed by atoms with Gasteiger partial charge in [0.05, 0.1) is 5.54 Å². The predicted octanol–water partition coefficient (Wildman–Crippen LogP) is 1.05. The van der Waals surface area contributed by atoms with Gasteiger partial charge in [0.1, 0.15) is 6.04 Å². The maximum Gasteiger partial charge on any atom is 0.243 e. The van der Waals surface area contributed by atoms with Crippen LogP contribution in [0.3, 0.4) is 0 Å². The molecule has 0 aromatic carbocycles. The lowest BCUT2D eigenvalue weighted by Crippen LogP contribution is -2.57. The lowest BCUT2D eigenvalue weighted by atomic mass is 9.92. The van der Waals surface area contributed by atoms with Gasteiger partial charge in [-0.3, -0.25) is 9.59 Å². The fourth-order valence-corrected chi connectivity index (χ4v) is 2.53. The summed E-state index contributed by atoms with van der Waals surface area (Å²) in [5.41, 5.74) is 5.44. The number of carbonyl (C=O) groups excluding carboxylic acids is 2. The van der Waals surface area contributed by atoms with E-state index in [0.29, 0.717) is 13.1 Å². The first kappa shape index (κ1) is 18.2. The van der Waals surface area contributed by atoms with E-state index in [1.165, 1.54) is 6.92 Å². The molecule has 6 heteroatoms. The van der Waals surface area contributed by atoms with Crippen LogP contribution in [0.4, 0.5) is 0 Å². The molecular weight excluding hydrogens is 266 g/mol. The van der Waals surface area contributed by atoms with Crippen molar-refractivity contribution in [1.29, 1.82) is 0 Å². The van der Waals surface area contributed by atoms with Crippen LogP contribution < -0.4 is 11.1 Å². The van der Waals surface area contributed by atoms with Gasteiger partial charge in [0.2, 0.25) is 11.8 Å². The van der Waals surface area contributed by atoms with Crippen LogP contribution in [0, 0.1) is 0 Å². The Labute approximate surface area is 121 Å². The zero-order valence-corrected chi connectivity index (χ0v) is 12.9. The second-order valence-electron chi connectivity index (χ2n) is 5.05. The van der Waals surface area contributed by atoms with Crippen LogP contribution in [0.15, 0.2) is 0 Å². The van der Waals surface area contributed by atoms with Gasteiger partial charge in [-0.05, 0) is 25.7 Å². The summed E-state index contributed by atoms with van der Waals surface area (Å²) in [7, 11) is 0. The molecule has 0 radical (unpaired) electrons. The summed E-state index contributed by atoms with van der Waals surface area (Å²) in [4.78, 5) is 25.4. The van der Waals surface area contributed by atoms with Gasteiger partial charge in [-0.2, -0.15) is 0 Å². The van der Waals surface area contributed by atoms with Gasteiger partial charge in [-0.1, -0.05) is 13.8 Å². The zero-order valence-electron chi connectivity index (χ0n) is 12.1. The molecule has 1 aliphatic rings. The molecule has 0 aromatic rings. The molecule has 0 aromatic heterocycles. The lowest BCUT2D eigenvalue weighted by Gasteiger charge is -2.34. The maximum absolute atomic E-state index is 12.3. The molecule has 1 fully saturated rings. The third kappa shape index (κ3) is 4.08. The van der Waals surface area contributed by atoms with Crippen molar-refractivity contribution in [2.24, 2.45) is 5.73 Å². The molecule has 2 amide bonds. The number of nitrogens with zero attached hydrogens (tertiary/aromatic N) is 1. The number of hydrogen-bond donors (Lipinski definition) is 2. The summed E-state index contributed by atoms with van der Waals surface area (Å²) < 4.78 is 0. The average molecular weight is 292 g/mol. The molecule has 1 rings (SSSR count). The van der Waals surface area contributed by atoms with Crippen LogP contribution in [0.1, 0.15) is 46.5 Å². The lowest BCUT2D eigenvalue weighted by molar-refractivity contribution is -0.137. The third-order valence-corrected chi connectivity index (χ3v) is 4.09. The Morgan fingerprint density at radius 2 is 1.95 bits per heavy atom. The van der Waals surface area contributed by atoms with E-state index in [4.69, 9.17) is 5.73 Å². The van der Waals surface area contributed by atoms with E-state index in [0.717, 1.165) is 25.7 Å². The van der Waals surface area contributed by atoms with Crippen molar-refractivity contribution >= 4 is 24.2 Å². The van der Waals surface area contributed by atoms with Gasteiger partial charge < -0.3 is 16.0 Å². The van der Waals surface area contributed by atoms with Crippen molar-refractivity contribution in [2.45, 2.75) is 58.0 Å². The average Bonchev–Trinajstić information content (AvgIpc) is 2.85. The van der Waals surface area contributed by atoms with Gasteiger partial charge in [0.25, 0.3) is 0 Å². The summed E-state index contributed by atoms with van der Waals surface area (Å²) in [6.07, 6.45) is 3.25. The van der Waals surface area contributed by atoms with E-state index in [1.807, 2.05) is 13.8 Å². The molecule has 112 valence electrons. The van der Waals surface area contributed by atoms with Crippen LogP contribution in [-0.2, 0) is 9.59 Å². The Hall–Kier alpha value is -0.810. The summed E-state index contributed by atoms with van der Waals surface area (Å²) in [5.74, 6) is -0.0872. The van der Waals surface area contributed by atoms with E-state index < -0.39 is 0 Å². The van der Waals surface area contributed by atoms with Gasteiger partial charge in [0.15, 0.2) is 0 Å². The van der Waals surface area contributed by atoms with E-state index >= 15 is 0 Å². The van der Waals surface area contributed by atoms with Gasteiger partial charge >= 0.3 is 0 Å². The van der Waals surface area contributed by atoms with Crippen LogP contribution in [0.2, 0.25) is 0 Å². The quantitative estimate of drug-likeness (QED) is 0.795. The van der Waals surface area contributed by atoms with Crippen LogP contribution in [0.5, 0.6) is 0 Å². The van der Waals surface area contributed by atoms with E-state index in [9.17, 15) is 9.59 Å². The normalized spacial score (nSPS) is 18.9. The summed E-state index contributed by atoms with van der Waals surface area (Å²) >= 11 is 0. The number of rotatable bonds is 5. The molecular formula is C13H26ClN3O2. The number of carbonyl (C=O) groups is 2. The molecule has 0 aliphatic carbocycles. The second kappa shape index (κ2) is 7.70. The van der Waals surface area contributed by atoms with Crippen molar-refractivity contribution in [3.63, 3.8) is 0 Å². The van der Waals surface area contributed by atoms with Crippen molar-refractivity contribution in [2.75, 3.05) is 13.1 Å². The van der Waals surface area contributed by atoms with Crippen molar-refractivity contribution in [3.8, 4) is 0 Å². The minimum atomic E-state index is -0.331. The van der Waals surface area contributed by atoms with Gasteiger partial charge in [-0.15, -0.1) is 12.4 Å². The molecule has 19 heavy (non-hydrogen) atoms. The van der Waals surface area contributed by atoms with Crippen molar-refractivity contribution < 1.29 is 9.59 Å². The number of halogens is 1. The molecule has 1 aliphatic heterocycles. The highest BCUT2D eigenvalue weighted by Gasteiger charge is 2.36. The SMILES string of the molecule is CCC(CC)(CN)NC(=O)C1CCCN1C(C)=O.Cl. The zero-order chi connectivity index (χ0) is 13.8. The molecule has 1 atom stereocenters. The standard InChI is InChI=1S/C13H25N3O2.ClH/c1-4-13(5-2,9-14)15-12(18)11-7-6-8-16(11)10(3)17;/h11H,4-9,14H2,1-3H3,(H,15,18);1H. The Bertz CT molecular complexity index is 311. The van der Waals surface area contributed by atoms with Gasteiger partial charge in [0, 0.05) is 20.0 Å². The highest BCUT2D eigenvalue weighted by molar-refractivity contribution is 5.88. The number of hydrogen-bond acceptors (Lipinski definition) is 3. The predicted molar refractivity (Wildman–Crippen MR) is 78.2 cm³/mol. The third-order valence-electron chi connectivity index (χ3n) is 4.09. The first-order valence-electron chi connectivity index (χ1n) is 6.79. The second-order valence-corrected chi connectivity index (χ2v) is 5.05. The summed E-state index contributed by atoms with van der Waals surface area (Å²) in [5, 5.41) is 3.05. The molecule has 1 unspecified atom stereocenters. The Morgan fingerprint density at radius 3 is 2.37 bits per heavy atom. The minimum absolute atomic E-state index is 0. The highest BCUT2D eigenvalue weighted by Crippen LogP contribution is 2.20. The molecule has 1 heterocycles. The van der Waals surface area contributed by atoms with Crippen molar-refractivity contribution in [1.82, 2.24) is 10.2 Å². The maximum atomic E-state index is 12.3. The molecule has 5 nitrogen and oxygen atoms in total. The van der Waals surface area contributed by atoms with E-state index in [2.05, 4.69) is 5.32 Å². The minimum Gasteiger partial charge on any atom is -0.348 e. The molecule has 0 spiro atoms. The Morgan fingerprint density at radius 1 is 1.37 bits per heavy atom. The Kier molecular flexibility index (Phi) is 7.37. The number of nitrogens with one attached hydrogen (secondary N) is 1. The monoisotopic (exact) mass is 291 g/mol. The largest absolute Gasteiger partial charge is 0.348 e. The van der Waals surface area contributed by atoms with Crippen LogP contribution >= 0.6 is 12.4 Å². The topological polar surface area (TPSA) is 75.4 Å². The summed E-state index contributed by atoms with van der Waals surface area (Å²) in [6, 6.07) is -0.313.